The minimum absolute atomic E-state index is 0.0645. The van der Waals surface area contributed by atoms with Crippen molar-refractivity contribution in [3.8, 4) is 0 Å². The van der Waals surface area contributed by atoms with Crippen LogP contribution < -0.4 is 10.6 Å². The number of ether oxygens (including phenoxy) is 2. The topological polar surface area (TPSA) is 134 Å². The summed E-state index contributed by atoms with van der Waals surface area (Å²) in [6, 6.07) is 23.3. The Morgan fingerprint density at radius 1 is 0.754 bits per heavy atom. The summed E-state index contributed by atoms with van der Waals surface area (Å²) in [5.41, 5.74) is 6.61. The van der Waals surface area contributed by atoms with Gasteiger partial charge in [-0.1, -0.05) is 50.2 Å². The fourth-order valence-corrected chi connectivity index (χ4v) is 9.27. The molecule has 0 saturated carbocycles. The molecule has 0 fully saturated rings. The van der Waals surface area contributed by atoms with E-state index < -0.39 is 0 Å². The van der Waals surface area contributed by atoms with Crippen LogP contribution in [-0.4, -0.2) is 78.9 Å². The number of likely N-dealkylation sites (N-methyl/N-ethyl adjacent to an activating group) is 1. The van der Waals surface area contributed by atoms with Crippen LogP contribution >= 0.6 is 11.3 Å². The first-order chi connectivity index (χ1) is 29.6. The zero-order valence-corrected chi connectivity index (χ0v) is 37.3. The van der Waals surface area contributed by atoms with Gasteiger partial charge in [0.15, 0.2) is 0 Å². The average Bonchev–Trinajstić information content (AvgIpc) is 3.64. The van der Waals surface area contributed by atoms with E-state index in [-0.39, 0.29) is 48.5 Å². The van der Waals surface area contributed by atoms with Crippen LogP contribution in [0, 0.1) is 0 Å². The minimum atomic E-state index is -0.360. The molecule has 12 heteroatoms. The molecule has 0 unspecified atom stereocenters. The number of carbonyl (C=O) groups excluding carboxylic acids is 5. The minimum Gasteiger partial charge on any atom is -0.466 e. The van der Waals surface area contributed by atoms with E-state index in [0.717, 1.165) is 84.9 Å². The second-order valence-electron chi connectivity index (χ2n) is 15.5. The Bertz CT molecular complexity index is 2090. The molecule has 0 radical (unpaired) electrons. The number of amides is 3. The van der Waals surface area contributed by atoms with E-state index in [1.165, 1.54) is 18.4 Å². The number of nitrogens with one attached hydrogen (secondary N) is 2. The molecule has 4 aromatic rings. The van der Waals surface area contributed by atoms with E-state index in [2.05, 4.69) is 29.4 Å². The van der Waals surface area contributed by atoms with E-state index in [9.17, 15) is 24.0 Å². The molecule has 326 valence electrons. The number of nitrogens with zero attached hydrogens (tertiary/aromatic N) is 2. The second-order valence-corrected chi connectivity index (χ2v) is 16.6. The number of methoxy groups -OCH3 is 1. The van der Waals surface area contributed by atoms with Crippen molar-refractivity contribution in [1.29, 1.82) is 0 Å². The first-order valence-corrected chi connectivity index (χ1v) is 22.7. The second kappa shape index (κ2) is 23.6. The van der Waals surface area contributed by atoms with Crippen molar-refractivity contribution < 1.29 is 33.4 Å². The zero-order chi connectivity index (χ0) is 43.7. The fourth-order valence-electron chi connectivity index (χ4n) is 7.99. The third-order valence-electron chi connectivity index (χ3n) is 11.4. The quantitative estimate of drug-likeness (QED) is 0.0748. The molecule has 0 atom stereocenters. The van der Waals surface area contributed by atoms with Crippen LogP contribution in [0.2, 0.25) is 0 Å². The number of hydrogen-bond acceptors (Lipinski definition) is 9. The highest BCUT2D eigenvalue weighted by Gasteiger charge is 2.27. The largest absolute Gasteiger partial charge is 0.466 e. The van der Waals surface area contributed by atoms with Gasteiger partial charge in [-0.05, 0) is 130 Å². The predicted octanol–water partition coefficient (Wildman–Crippen LogP) is 9.28. The lowest BCUT2D eigenvalue weighted by Gasteiger charge is -2.33. The lowest BCUT2D eigenvalue weighted by molar-refractivity contribution is -0.145. The lowest BCUT2D eigenvalue weighted by Crippen LogP contribution is -2.42. The van der Waals surface area contributed by atoms with Crippen molar-refractivity contribution >= 4 is 51.7 Å². The lowest BCUT2D eigenvalue weighted by atomic mass is 9.95. The summed E-state index contributed by atoms with van der Waals surface area (Å²) in [5, 5.41) is 6.80. The maximum atomic E-state index is 14.0. The van der Waals surface area contributed by atoms with Crippen molar-refractivity contribution in [2.45, 2.75) is 111 Å². The number of esters is 2. The van der Waals surface area contributed by atoms with Crippen molar-refractivity contribution in [1.82, 2.24) is 9.80 Å². The molecule has 1 aliphatic rings. The summed E-state index contributed by atoms with van der Waals surface area (Å²) < 4.78 is 9.79. The molecule has 0 spiro atoms. The number of carbonyl (C=O) groups is 5. The molecule has 2 N–H and O–H groups in total. The molecular formula is C49H62N4O7S. The van der Waals surface area contributed by atoms with Crippen molar-refractivity contribution in [2.24, 2.45) is 0 Å². The Kier molecular flexibility index (Phi) is 18.1. The maximum Gasteiger partial charge on any atom is 0.337 e. The van der Waals surface area contributed by atoms with Crippen LogP contribution in [0.3, 0.4) is 0 Å². The monoisotopic (exact) mass is 850 g/mol. The summed E-state index contributed by atoms with van der Waals surface area (Å²) in [6.45, 7) is 10.7. The Hall–Kier alpha value is -5.33. The summed E-state index contributed by atoms with van der Waals surface area (Å²) in [4.78, 5) is 69.9. The highest BCUT2D eigenvalue weighted by atomic mass is 32.1. The summed E-state index contributed by atoms with van der Waals surface area (Å²) in [6.07, 6.45) is 8.48. The molecule has 11 nitrogen and oxygen atoms in total. The number of fused-ring (bicyclic) bond motifs is 1. The van der Waals surface area contributed by atoms with Gasteiger partial charge < -0.3 is 25.0 Å². The first kappa shape index (κ1) is 46.7. The fraction of sp³-hybridized carbons (Fsp3) is 0.449. The molecule has 0 aliphatic heterocycles. The zero-order valence-electron chi connectivity index (χ0n) is 36.5. The van der Waals surface area contributed by atoms with E-state index in [4.69, 9.17) is 9.47 Å². The van der Waals surface area contributed by atoms with Crippen LogP contribution in [-0.2, 0) is 51.3 Å². The van der Waals surface area contributed by atoms with Gasteiger partial charge in [-0.3, -0.25) is 24.1 Å². The van der Waals surface area contributed by atoms with Gasteiger partial charge in [0.05, 0.1) is 31.3 Å². The van der Waals surface area contributed by atoms with Crippen LogP contribution in [0.5, 0.6) is 0 Å². The van der Waals surface area contributed by atoms with Gasteiger partial charge in [0, 0.05) is 54.8 Å². The number of anilines is 2. The van der Waals surface area contributed by atoms with Crippen molar-refractivity contribution in [3.63, 3.8) is 0 Å². The SMILES string of the molecule is CCOC(=O)CCC(=O)N(CC)CCN(Cc1cccc(C(=O)Nc2sc3c(c2C(=O)Nc2ccc(CCCc4ccc(C(=O)OC)cc4)cc2)CCCC3)c1)C(CC)CC. The number of thiophene rings is 1. The van der Waals surface area contributed by atoms with Crippen LogP contribution in [0.1, 0.15) is 131 Å². The Balaban J connectivity index is 1.22. The Morgan fingerprint density at radius 3 is 2.10 bits per heavy atom. The van der Waals surface area contributed by atoms with Gasteiger partial charge in [-0.25, -0.2) is 4.79 Å². The third kappa shape index (κ3) is 13.3. The van der Waals surface area contributed by atoms with Crippen molar-refractivity contribution in [2.75, 3.05) is 44.0 Å². The van der Waals surface area contributed by atoms with E-state index >= 15 is 0 Å². The maximum absolute atomic E-state index is 14.0. The summed E-state index contributed by atoms with van der Waals surface area (Å²) in [5.74, 6) is -1.26. The van der Waals surface area contributed by atoms with E-state index in [1.54, 1.807) is 30.0 Å². The first-order valence-electron chi connectivity index (χ1n) is 21.9. The van der Waals surface area contributed by atoms with Gasteiger partial charge in [0.2, 0.25) is 5.91 Å². The normalized spacial score (nSPS) is 12.2. The third-order valence-corrected chi connectivity index (χ3v) is 12.6. The molecule has 3 amide bonds. The smallest absolute Gasteiger partial charge is 0.337 e. The van der Waals surface area contributed by atoms with Gasteiger partial charge in [-0.2, -0.15) is 0 Å². The predicted molar refractivity (Wildman–Crippen MR) is 242 cm³/mol. The van der Waals surface area contributed by atoms with Crippen molar-refractivity contribution in [3.05, 3.63) is 117 Å². The number of hydrogen-bond donors (Lipinski definition) is 2. The molecule has 0 saturated heterocycles. The molecule has 1 aliphatic carbocycles. The van der Waals surface area contributed by atoms with E-state index in [1.807, 2.05) is 61.5 Å². The summed E-state index contributed by atoms with van der Waals surface area (Å²) in [7, 11) is 1.38. The van der Waals surface area contributed by atoms with Gasteiger partial charge in [0.25, 0.3) is 11.8 Å². The summed E-state index contributed by atoms with van der Waals surface area (Å²) >= 11 is 1.50. The Morgan fingerprint density at radius 2 is 1.44 bits per heavy atom. The molecule has 0 bridgehead atoms. The van der Waals surface area contributed by atoms with Crippen LogP contribution in [0.15, 0.2) is 72.8 Å². The highest BCUT2D eigenvalue weighted by Crippen LogP contribution is 2.39. The van der Waals surface area contributed by atoms with Crippen LogP contribution in [0.25, 0.3) is 0 Å². The van der Waals surface area contributed by atoms with Gasteiger partial charge >= 0.3 is 11.9 Å². The van der Waals surface area contributed by atoms with E-state index in [0.29, 0.717) is 60.2 Å². The molecule has 61 heavy (non-hydrogen) atoms. The van der Waals surface area contributed by atoms with Gasteiger partial charge in [-0.15, -0.1) is 11.3 Å². The molecule has 3 aromatic carbocycles. The molecular weight excluding hydrogens is 789 g/mol. The standard InChI is InChI=1S/C49H62N4O7S/c1-6-40(7-2)53(31-30-52(8-3)43(54)28-29-44(55)60-9-4)33-36-16-13-17-38(32-36)46(56)51-48-45(41-18-10-11-19-42(41)61-48)47(57)50-39-26-22-35(23-27-39)15-12-14-34-20-24-37(25-21-34)49(58)59-5/h13,16-17,20-27,32,40H,6-12,14-15,18-19,28-31,33H2,1-5H3,(H,50,57)(H,51,56). The Labute approximate surface area is 365 Å². The van der Waals surface area contributed by atoms with Gasteiger partial charge in [0.1, 0.15) is 5.00 Å². The number of benzene rings is 3. The molecule has 1 heterocycles. The molecule has 1 aromatic heterocycles. The number of rotatable bonds is 22. The number of aryl methyl sites for hydroxylation is 3. The molecule has 5 rings (SSSR count). The average molecular weight is 851 g/mol. The highest BCUT2D eigenvalue weighted by molar-refractivity contribution is 7.17. The van der Waals surface area contributed by atoms with Crippen LogP contribution in [0.4, 0.5) is 10.7 Å².